The molecule has 1 atom stereocenters. The van der Waals surface area contributed by atoms with Gasteiger partial charge in [-0.3, -0.25) is 0 Å². The third kappa shape index (κ3) is 2.89. The van der Waals surface area contributed by atoms with Gasteiger partial charge in [0.1, 0.15) is 5.82 Å². The number of halogens is 5. The Morgan fingerprint density at radius 2 is 2.00 bits per heavy atom. The van der Waals surface area contributed by atoms with E-state index < -0.39 is 24.2 Å². The summed E-state index contributed by atoms with van der Waals surface area (Å²) in [7, 11) is 3.46. The van der Waals surface area contributed by atoms with E-state index in [-0.39, 0.29) is 18.2 Å². The maximum Gasteiger partial charge on any atom is 0.314 e. The summed E-state index contributed by atoms with van der Waals surface area (Å²) >= 11 is 1.03. The van der Waals surface area contributed by atoms with Crippen LogP contribution in [0.4, 0.5) is 17.6 Å². The van der Waals surface area contributed by atoms with Crippen molar-refractivity contribution in [2.24, 2.45) is 13.0 Å². The smallest absolute Gasteiger partial charge is 0.313 e. The van der Waals surface area contributed by atoms with Gasteiger partial charge >= 0.3 is 11.8 Å². The molecule has 0 amide bonds. The lowest BCUT2D eigenvalue weighted by Gasteiger charge is -2.43. The van der Waals surface area contributed by atoms with Crippen molar-refractivity contribution in [2.45, 2.75) is 30.0 Å². The Labute approximate surface area is 124 Å². The van der Waals surface area contributed by atoms with E-state index in [0.29, 0.717) is 17.5 Å². The van der Waals surface area contributed by atoms with Gasteiger partial charge in [0.05, 0.1) is 6.54 Å². The molecule has 0 bridgehead atoms. The lowest BCUT2D eigenvalue weighted by molar-refractivity contribution is -0.307. The molecular weight excluding hydrogens is 320 g/mol. The molecular formula is C10H15ClF4N4S. The van der Waals surface area contributed by atoms with Gasteiger partial charge in [-0.15, -0.1) is 22.6 Å². The molecule has 1 aliphatic carbocycles. The number of thioether (sulfide) groups is 1. The van der Waals surface area contributed by atoms with Gasteiger partial charge in [-0.25, -0.2) is 0 Å². The highest BCUT2D eigenvalue weighted by atomic mass is 35.5. The van der Waals surface area contributed by atoms with Gasteiger partial charge in [-0.1, -0.05) is 11.8 Å². The highest BCUT2D eigenvalue weighted by Gasteiger charge is 2.71. The van der Waals surface area contributed by atoms with Gasteiger partial charge in [-0.2, -0.15) is 17.6 Å². The Morgan fingerprint density at radius 1 is 1.35 bits per heavy atom. The minimum absolute atomic E-state index is 0. The fourth-order valence-corrected chi connectivity index (χ4v) is 2.94. The van der Waals surface area contributed by atoms with E-state index in [1.807, 2.05) is 0 Å². The number of rotatable bonds is 5. The second-order valence-electron chi connectivity index (χ2n) is 4.53. The van der Waals surface area contributed by atoms with E-state index in [0.717, 1.165) is 11.8 Å². The zero-order chi connectivity index (χ0) is 14.3. The first-order chi connectivity index (χ1) is 8.79. The zero-order valence-corrected chi connectivity index (χ0v) is 12.5. The molecule has 1 aliphatic rings. The molecule has 1 aromatic heterocycles. The zero-order valence-electron chi connectivity index (χ0n) is 10.9. The maximum atomic E-state index is 13.1. The number of nitrogens with zero attached hydrogens (tertiary/aromatic N) is 3. The van der Waals surface area contributed by atoms with Crippen LogP contribution >= 0.6 is 24.2 Å². The molecule has 0 radical (unpaired) electrons. The van der Waals surface area contributed by atoms with Crippen molar-refractivity contribution in [3.05, 3.63) is 5.82 Å². The van der Waals surface area contributed by atoms with Crippen LogP contribution in [-0.2, 0) is 13.6 Å². The van der Waals surface area contributed by atoms with Gasteiger partial charge in [0.15, 0.2) is 5.16 Å². The summed E-state index contributed by atoms with van der Waals surface area (Å²) in [6, 6.07) is 0. The van der Waals surface area contributed by atoms with Gasteiger partial charge in [0.2, 0.25) is 0 Å². The second kappa shape index (κ2) is 6.07. The third-order valence-electron chi connectivity index (χ3n) is 3.18. The summed E-state index contributed by atoms with van der Waals surface area (Å²) in [5.74, 6) is -8.51. The fraction of sp³-hybridized carbons (Fsp3) is 0.800. The molecule has 1 unspecified atom stereocenters. The highest BCUT2D eigenvalue weighted by Crippen LogP contribution is 2.56. The van der Waals surface area contributed by atoms with Crippen molar-refractivity contribution in [2.75, 3.05) is 12.8 Å². The molecule has 0 aromatic carbocycles. The van der Waals surface area contributed by atoms with Crippen LogP contribution in [0, 0.1) is 5.92 Å². The monoisotopic (exact) mass is 334 g/mol. The van der Waals surface area contributed by atoms with Crippen LogP contribution in [0.25, 0.3) is 0 Å². The molecule has 20 heavy (non-hydrogen) atoms. The van der Waals surface area contributed by atoms with Crippen LogP contribution in [0.1, 0.15) is 12.2 Å². The van der Waals surface area contributed by atoms with Gasteiger partial charge in [0.25, 0.3) is 0 Å². The minimum Gasteiger partial charge on any atom is -0.313 e. The summed E-state index contributed by atoms with van der Waals surface area (Å²) in [6.07, 6.45) is -0.770. The van der Waals surface area contributed by atoms with E-state index in [1.54, 1.807) is 18.7 Å². The molecule has 1 aromatic rings. The van der Waals surface area contributed by atoms with Crippen LogP contribution in [0.2, 0.25) is 0 Å². The van der Waals surface area contributed by atoms with Gasteiger partial charge < -0.3 is 9.88 Å². The van der Waals surface area contributed by atoms with E-state index in [2.05, 4.69) is 15.5 Å². The molecule has 116 valence electrons. The fourth-order valence-electron chi connectivity index (χ4n) is 1.86. The second-order valence-corrected chi connectivity index (χ2v) is 5.51. The SMILES string of the molecule is CNCc1nnc(SCC2CC(F)(F)C2(F)F)n1C.Cl. The summed E-state index contributed by atoms with van der Waals surface area (Å²) < 4.78 is 53.2. The van der Waals surface area contributed by atoms with Crippen molar-refractivity contribution < 1.29 is 17.6 Å². The quantitative estimate of drug-likeness (QED) is 0.663. The first-order valence-electron chi connectivity index (χ1n) is 5.71. The van der Waals surface area contributed by atoms with E-state index in [1.165, 1.54) is 0 Å². The van der Waals surface area contributed by atoms with Crippen molar-refractivity contribution >= 4 is 24.2 Å². The van der Waals surface area contributed by atoms with E-state index in [4.69, 9.17) is 0 Å². The lowest BCUT2D eigenvalue weighted by Crippen LogP contribution is -2.59. The number of hydrogen-bond donors (Lipinski definition) is 1. The normalized spacial score (nSPS) is 23.0. The van der Waals surface area contributed by atoms with Crippen molar-refractivity contribution in [1.29, 1.82) is 0 Å². The number of nitrogens with one attached hydrogen (secondary N) is 1. The maximum absolute atomic E-state index is 13.1. The molecule has 10 heteroatoms. The Kier molecular flexibility index (Phi) is 5.31. The summed E-state index contributed by atoms with van der Waals surface area (Å²) in [5, 5.41) is 11.1. The molecule has 1 N–H and O–H groups in total. The molecule has 1 fully saturated rings. The van der Waals surface area contributed by atoms with Crippen LogP contribution < -0.4 is 5.32 Å². The van der Waals surface area contributed by atoms with Crippen LogP contribution in [0.5, 0.6) is 0 Å². The van der Waals surface area contributed by atoms with Gasteiger partial charge in [0, 0.05) is 25.1 Å². The summed E-state index contributed by atoms with van der Waals surface area (Å²) in [5.41, 5.74) is 0. The molecule has 2 rings (SSSR count). The van der Waals surface area contributed by atoms with Crippen molar-refractivity contribution in [3.8, 4) is 0 Å². The molecule has 0 aliphatic heterocycles. The summed E-state index contributed by atoms with van der Waals surface area (Å²) in [4.78, 5) is 0. The first kappa shape index (κ1) is 17.5. The molecule has 0 saturated heterocycles. The van der Waals surface area contributed by atoms with Crippen molar-refractivity contribution in [1.82, 2.24) is 20.1 Å². The summed E-state index contributed by atoms with van der Waals surface area (Å²) in [6.45, 7) is 0.502. The molecule has 1 saturated carbocycles. The average molecular weight is 335 g/mol. The number of hydrogen-bond acceptors (Lipinski definition) is 4. The average Bonchev–Trinajstić information content (AvgIpc) is 2.67. The Hall–Kier alpha value is -0.540. The lowest BCUT2D eigenvalue weighted by atomic mass is 9.78. The molecule has 4 nitrogen and oxygen atoms in total. The van der Waals surface area contributed by atoms with Crippen LogP contribution in [0.3, 0.4) is 0 Å². The standard InChI is InChI=1S/C10H14F4N4S.ClH/c1-15-4-7-16-17-8(18(7)2)19-5-6-3-9(11,12)10(6,13)14;/h6,15H,3-5H2,1-2H3;1H. The Bertz CT molecular complexity index is 468. The predicted molar refractivity (Wildman–Crippen MR) is 69.7 cm³/mol. The Balaban J connectivity index is 0.00000200. The highest BCUT2D eigenvalue weighted by molar-refractivity contribution is 7.99. The van der Waals surface area contributed by atoms with Crippen LogP contribution in [-0.4, -0.2) is 39.4 Å². The van der Waals surface area contributed by atoms with Crippen molar-refractivity contribution in [3.63, 3.8) is 0 Å². The minimum atomic E-state index is -3.91. The van der Waals surface area contributed by atoms with Gasteiger partial charge in [-0.05, 0) is 7.05 Å². The topological polar surface area (TPSA) is 42.7 Å². The molecule has 0 spiro atoms. The predicted octanol–water partition coefficient (Wildman–Crippen LogP) is 2.34. The van der Waals surface area contributed by atoms with E-state index in [9.17, 15) is 17.6 Å². The third-order valence-corrected chi connectivity index (χ3v) is 4.36. The molecule has 1 heterocycles. The van der Waals surface area contributed by atoms with E-state index >= 15 is 0 Å². The first-order valence-corrected chi connectivity index (χ1v) is 6.69. The van der Waals surface area contributed by atoms with Crippen LogP contribution in [0.15, 0.2) is 5.16 Å². The Morgan fingerprint density at radius 3 is 2.50 bits per heavy atom. The number of aromatic nitrogens is 3. The number of alkyl halides is 4. The largest absolute Gasteiger partial charge is 0.314 e.